The van der Waals surface area contributed by atoms with E-state index in [-0.39, 0.29) is 17.1 Å². The first-order valence-corrected chi connectivity index (χ1v) is 9.53. The first-order valence-electron chi connectivity index (χ1n) is 8.64. The Kier molecular flexibility index (Phi) is 5.87. The van der Waals surface area contributed by atoms with Gasteiger partial charge in [0.1, 0.15) is 0 Å². The van der Waals surface area contributed by atoms with E-state index in [1.165, 1.54) is 0 Å². The summed E-state index contributed by atoms with van der Waals surface area (Å²) in [6.45, 7) is 2.86. The van der Waals surface area contributed by atoms with Crippen molar-refractivity contribution in [1.29, 1.82) is 0 Å². The van der Waals surface area contributed by atoms with Gasteiger partial charge < -0.3 is 4.90 Å². The van der Waals surface area contributed by atoms with E-state index < -0.39 is 0 Å². The van der Waals surface area contributed by atoms with Crippen molar-refractivity contribution < 1.29 is 4.79 Å². The number of benzene rings is 2. The van der Waals surface area contributed by atoms with E-state index in [1.807, 2.05) is 47.4 Å². The van der Waals surface area contributed by atoms with E-state index >= 15 is 0 Å². The van der Waals surface area contributed by atoms with E-state index in [9.17, 15) is 4.79 Å². The minimum atomic E-state index is -0.384. The summed E-state index contributed by atoms with van der Waals surface area (Å²) in [4.78, 5) is 14.9. The summed E-state index contributed by atoms with van der Waals surface area (Å²) < 4.78 is 0. The monoisotopic (exact) mass is 371 g/mol. The van der Waals surface area contributed by atoms with Gasteiger partial charge in [-0.2, -0.15) is 12.6 Å². The first kappa shape index (κ1) is 18.1. The van der Waals surface area contributed by atoms with E-state index in [4.69, 9.17) is 11.6 Å². The highest BCUT2D eigenvalue weighted by molar-refractivity contribution is 7.81. The Labute approximate surface area is 159 Å². The van der Waals surface area contributed by atoms with Gasteiger partial charge in [-0.1, -0.05) is 73.5 Å². The third-order valence-electron chi connectivity index (χ3n) is 4.55. The third kappa shape index (κ3) is 3.94. The van der Waals surface area contributed by atoms with E-state index in [0.29, 0.717) is 5.02 Å². The van der Waals surface area contributed by atoms with Crippen LogP contribution in [0.2, 0.25) is 5.02 Å². The van der Waals surface area contributed by atoms with Crippen LogP contribution in [0.15, 0.2) is 60.7 Å². The lowest BCUT2D eigenvalue weighted by Crippen LogP contribution is -2.42. The Morgan fingerprint density at radius 1 is 1.08 bits per heavy atom. The van der Waals surface area contributed by atoms with Crippen LogP contribution < -0.4 is 0 Å². The SMILES string of the molecule is CCCCN1C(=O)[C@H](S)[C@@H](c2ccc(Cl)cc2)C=C1c1ccccc1. The smallest absolute Gasteiger partial charge is 0.240 e. The summed E-state index contributed by atoms with van der Waals surface area (Å²) in [5, 5.41) is 0.309. The molecule has 1 aliphatic rings. The molecule has 130 valence electrons. The molecular weight excluding hydrogens is 350 g/mol. The number of allylic oxidation sites excluding steroid dienone is 1. The van der Waals surface area contributed by atoms with Crippen molar-refractivity contribution in [3.8, 4) is 0 Å². The zero-order valence-corrected chi connectivity index (χ0v) is 15.9. The van der Waals surface area contributed by atoms with Crippen LogP contribution in [0.4, 0.5) is 0 Å². The predicted octanol–water partition coefficient (Wildman–Crippen LogP) is 5.41. The molecule has 25 heavy (non-hydrogen) atoms. The largest absolute Gasteiger partial charge is 0.311 e. The lowest BCUT2D eigenvalue weighted by atomic mass is 9.88. The Bertz CT molecular complexity index is 757. The molecule has 0 saturated carbocycles. The number of thiol groups is 1. The van der Waals surface area contributed by atoms with Crippen LogP contribution >= 0.6 is 24.2 Å². The van der Waals surface area contributed by atoms with Gasteiger partial charge in [0, 0.05) is 23.2 Å². The number of hydrogen-bond donors (Lipinski definition) is 1. The maximum Gasteiger partial charge on any atom is 0.240 e. The van der Waals surface area contributed by atoms with Crippen molar-refractivity contribution >= 4 is 35.8 Å². The van der Waals surface area contributed by atoms with Crippen LogP contribution in [0.1, 0.15) is 36.8 Å². The Hall–Kier alpha value is -1.71. The highest BCUT2D eigenvalue weighted by Crippen LogP contribution is 2.37. The van der Waals surface area contributed by atoms with Gasteiger partial charge >= 0.3 is 0 Å². The second-order valence-electron chi connectivity index (χ2n) is 6.28. The topological polar surface area (TPSA) is 20.3 Å². The fraction of sp³-hybridized carbons (Fsp3) is 0.286. The van der Waals surface area contributed by atoms with Crippen molar-refractivity contribution in [2.45, 2.75) is 30.9 Å². The number of carbonyl (C=O) groups excluding carboxylic acids is 1. The summed E-state index contributed by atoms with van der Waals surface area (Å²) in [6, 6.07) is 17.8. The van der Waals surface area contributed by atoms with Gasteiger partial charge in [0.25, 0.3) is 0 Å². The maximum absolute atomic E-state index is 13.0. The van der Waals surface area contributed by atoms with Gasteiger partial charge in [0.2, 0.25) is 5.91 Å². The Morgan fingerprint density at radius 3 is 2.40 bits per heavy atom. The molecular formula is C21H22ClNOS. The fourth-order valence-electron chi connectivity index (χ4n) is 3.15. The minimum Gasteiger partial charge on any atom is -0.311 e. The normalized spacial score (nSPS) is 20.5. The summed E-state index contributed by atoms with van der Waals surface area (Å²) in [5.41, 5.74) is 3.09. The predicted molar refractivity (Wildman–Crippen MR) is 108 cm³/mol. The van der Waals surface area contributed by atoms with Gasteiger partial charge in [0.15, 0.2) is 0 Å². The molecule has 0 bridgehead atoms. The third-order valence-corrected chi connectivity index (χ3v) is 5.34. The van der Waals surface area contributed by atoms with E-state index in [0.717, 1.165) is 36.2 Å². The summed E-state index contributed by atoms with van der Waals surface area (Å²) in [6.07, 6.45) is 4.19. The average molecular weight is 372 g/mol. The molecule has 3 rings (SSSR count). The van der Waals surface area contributed by atoms with Crippen LogP contribution in [0.5, 0.6) is 0 Å². The molecule has 1 amide bonds. The van der Waals surface area contributed by atoms with E-state index in [1.54, 1.807) is 0 Å². The lowest BCUT2D eigenvalue weighted by molar-refractivity contribution is -0.128. The van der Waals surface area contributed by atoms with Crippen LogP contribution in [-0.4, -0.2) is 22.6 Å². The van der Waals surface area contributed by atoms with Crippen LogP contribution in [0.3, 0.4) is 0 Å². The number of carbonyl (C=O) groups is 1. The molecule has 1 heterocycles. The summed E-state index contributed by atoms with van der Waals surface area (Å²) in [7, 11) is 0. The molecule has 2 atom stereocenters. The molecule has 0 N–H and O–H groups in total. The number of nitrogens with zero attached hydrogens (tertiary/aromatic N) is 1. The summed E-state index contributed by atoms with van der Waals surface area (Å²) >= 11 is 10.7. The van der Waals surface area contributed by atoms with E-state index in [2.05, 4.69) is 37.8 Å². The number of hydrogen-bond acceptors (Lipinski definition) is 2. The molecule has 2 nitrogen and oxygen atoms in total. The molecule has 0 radical (unpaired) electrons. The zero-order valence-electron chi connectivity index (χ0n) is 14.2. The molecule has 0 aromatic heterocycles. The zero-order chi connectivity index (χ0) is 17.8. The van der Waals surface area contributed by atoms with Gasteiger partial charge in [0.05, 0.1) is 5.25 Å². The molecule has 0 spiro atoms. The average Bonchev–Trinajstić information content (AvgIpc) is 2.64. The lowest BCUT2D eigenvalue weighted by Gasteiger charge is -2.36. The van der Waals surface area contributed by atoms with Crippen molar-refractivity contribution in [3.63, 3.8) is 0 Å². The van der Waals surface area contributed by atoms with Crippen molar-refractivity contribution in [2.24, 2.45) is 0 Å². The Balaban J connectivity index is 2.05. The fourth-order valence-corrected chi connectivity index (χ4v) is 3.68. The molecule has 4 heteroatoms. The first-order chi connectivity index (χ1) is 12.1. The van der Waals surface area contributed by atoms with Gasteiger partial charge in [-0.15, -0.1) is 0 Å². The molecule has 1 aliphatic heterocycles. The van der Waals surface area contributed by atoms with Gasteiger partial charge in [-0.25, -0.2) is 0 Å². The van der Waals surface area contributed by atoms with Crippen molar-refractivity contribution in [2.75, 3.05) is 6.54 Å². The number of unbranched alkanes of at least 4 members (excludes halogenated alkanes) is 1. The highest BCUT2D eigenvalue weighted by atomic mass is 35.5. The second-order valence-corrected chi connectivity index (χ2v) is 7.28. The quantitative estimate of drug-likeness (QED) is 0.697. The number of amides is 1. The summed E-state index contributed by atoms with van der Waals surface area (Å²) in [5.74, 6) is -0.000677. The maximum atomic E-state index is 13.0. The number of halogens is 1. The number of rotatable bonds is 5. The van der Waals surface area contributed by atoms with Crippen molar-refractivity contribution in [3.05, 3.63) is 76.8 Å². The molecule has 0 saturated heterocycles. The molecule has 0 unspecified atom stereocenters. The van der Waals surface area contributed by atoms with Crippen molar-refractivity contribution in [1.82, 2.24) is 4.90 Å². The standard InChI is InChI=1S/C21H22ClNOS/c1-2-3-13-23-19(16-7-5-4-6-8-16)14-18(20(25)21(23)24)15-9-11-17(22)12-10-15/h4-12,14,18,20,25H,2-3,13H2,1H3/t18-,20-/m1/s1. The van der Waals surface area contributed by atoms with Gasteiger partial charge in [-0.3, -0.25) is 4.79 Å². The minimum absolute atomic E-state index is 0.0677. The van der Waals surface area contributed by atoms with Crippen LogP contribution in [-0.2, 0) is 4.79 Å². The molecule has 0 fully saturated rings. The second kappa shape index (κ2) is 8.11. The Morgan fingerprint density at radius 2 is 1.76 bits per heavy atom. The molecule has 2 aromatic carbocycles. The highest BCUT2D eigenvalue weighted by Gasteiger charge is 2.35. The van der Waals surface area contributed by atoms with Gasteiger partial charge in [-0.05, 0) is 29.7 Å². The van der Waals surface area contributed by atoms with Crippen LogP contribution in [0.25, 0.3) is 5.70 Å². The molecule has 0 aliphatic carbocycles. The van der Waals surface area contributed by atoms with Crippen LogP contribution in [0, 0.1) is 0 Å². The molecule has 2 aromatic rings.